The molecular formula is C26H34F2. The van der Waals surface area contributed by atoms with Gasteiger partial charge >= 0.3 is 0 Å². The molecule has 0 aliphatic heterocycles. The zero-order valence-electron chi connectivity index (χ0n) is 17.2. The Morgan fingerprint density at radius 1 is 0.857 bits per heavy atom. The van der Waals surface area contributed by atoms with E-state index in [2.05, 4.69) is 13.0 Å². The minimum absolute atomic E-state index is 0.404. The minimum Gasteiger partial charge on any atom is -0.204 e. The fourth-order valence-electron chi connectivity index (χ4n) is 5.95. The molecule has 0 N–H and O–H groups in total. The Labute approximate surface area is 168 Å². The van der Waals surface area contributed by atoms with E-state index in [1.54, 1.807) is 12.1 Å². The maximum absolute atomic E-state index is 14.0. The van der Waals surface area contributed by atoms with Crippen LogP contribution in [-0.2, 0) is 0 Å². The number of hydrogen-bond acceptors (Lipinski definition) is 0. The standard InChI is InChI=1S/C26H34F2/c1-2-3-4-5-6-18-7-8-20-16-21(10-9-19(20)15-18)22-11-13-24-23(17-22)12-14-25(27)26(24)28/h11-14,17-21H,2-10,15-16H2,1H3. The number of benzene rings is 2. The van der Waals surface area contributed by atoms with E-state index in [1.807, 2.05) is 6.07 Å². The molecule has 2 aromatic carbocycles. The maximum atomic E-state index is 14.0. The van der Waals surface area contributed by atoms with Crippen molar-refractivity contribution in [3.05, 3.63) is 47.5 Å². The Balaban J connectivity index is 1.37. The first-order chi connectivity index (χ1) is 13.7. The Bertz CT molecular complexity index is 796. The van der Waals surface area contributed by atoms with E-state index >= 15 is 0 Å². The van der Waals surface area contributed by atoms with Crippen molar-refractivity contribution in [2.45, 2.75) is 83.5 Å². The van der Waals surface area contributed by atoms with Crippen molar-refractivity contribution in [3.8, 4) is 0 Å². The maximum Gasteiger partial charge on any atom is 0.166 e. The van der Waals surface area contributed by atoms with Crippen LogP contribution in [0.5, 0.6) is 0 Å². The first kappa shape index (κ1) is 19.9. The van der Waals surface area contributed by atoms with Crippen molar-refractivity contribution in [3.63, 3.8) is 0 Å². The van der Waals surface area contributed by atoms with Crippen molar-refractivity contribution in [1.29, 1.82) is 0 Å². The average molecular weight is 385 g/mol. The summed E-state index contributed by atoms with van der Waals surface area (Å²) in [5.41, 5.74) is 1.32. The summed E-state index contributed by atoms with van der Waals surface area (Å²) in [5, 5.41) is 1.23. The van der Waals surface area contributed by atoms with Gasteiger partial charge in [-0.3, -0.25) is 0 Å². The van der Waals surface area contributed by atoms with E-state index in [9.17, 15) is 8.78 Å². The SMILES string of the molecule is CCCCCCC1CCC2CC(c3ccc4c(F)c(F)ccc4c3)CCC2C1. The molecule has 0 heterocycles. The third kappa shape index (κ3) is 4.26. The van der Waals surface area contributed by atoms with Crippen LogP contribution in [0.15, 0.2) is 30.3 Å². The fraction of sp³-hybridized carbons (Fsp3) is 0.615. The predicted molar refractivity (Wildman–Crippen MR) is 114 cm³/mol. The summed E-state index contributed by atoms with van der Waals surface area (Å²) in [6.07, 6.45) is 15.1. The highest BCUT2D eigenvalue weighted by atomic mass is 19.2. The molecule has 0 amide bonds. The van der Waals surface area contributed by atoms with Crippen LogP contribution in [0.3, 0.4) is 0 Å². The summed E-state index contributed by atoms with van der Waals surface area (Å²) < 4.78 is 27.4. The summed E-state index contributed by atoms with van der Waals surface area (Å²) >= 11 is 0. The van der Waals surface area contributed by atoms with Crippen molar-refractivity contribution in [1.82, 2.24) is 0 Å². The molecule has 4 atom stereocenters. The predicted octanol–water partition coefficient (Wildman–Crippen LogP) is 8.39. The van der Waals surface area contributed by atoms with E-state index in [-0.39, 0.29) is 0 Å². The van der Waals surface area contributed by atoms with E-state index in [0.717, 1.165) is 23.1 Å². The third-order valence-electron chi connectivity index (χ3n) is 7.59. The summed E-state index contributed by atoms with van der Waals surface area (Å²) in [6, 6.07) is 8.88. The summed E-state index contributed by atoms with van der Waals surface area (Å²) in [7, 11) is 0. The van der Waals surface area contributed by atoms with Gasteiger partial charge in [0.15, 0.2) is 11.6 Å². The Morgan fingerprint density at radius 2 is 1.68 bits per heavy atom. The monoisotopic (exact) mass is 384 g/mol. The van der Waals surface area contributed by atoms with E-state index in [1.165, 1.54) is 82.3 Å². The highest BCUT2D eigenvalue weighted by Crippen LogP contribution is 2.48. The molecule has 4 unspecified atom stereocenters. The summed E-state index contributed by atoms with van der Waals surface area (Å²) in [5.74, 6) is 1.87. The Kier molecular flexibility index (Phi) is 6.33. The topological polar surface area (TPSA) is 0 Å². The molecule has 152 valence electrons. The molecular weight excluding hydrogens is 350 g/mol. The molecule has 2 aliphatic carbocycles. The molecule has 28 heavy (non-hydrogen) atoms. The van der Waals surface area contributed by atoms with Gasteiger partial charge in [0.2, 0.25) is 0 Å². The summed E-state index contributed by atoms with van der Waals surface area (Å²) in [6.45, 7) is 2.29. The largest absolute Gasteiger partial charge is 0.204 e. The second-order valence-corrected chi connectivity index (χ2v) is 9.40. The minimum atomic E-state index is -0.757. The molecule has 0 aromatic heterocycles. The first-order valence-electron chi connectivity index (χ1n) is 11.5. The molecule has 2 aromatic rings. The molecule has 0 nitrogen and oxygen atoms in total. The zero-order chi connectivity index (χ0) is 19.5. The Hall–Kier alpha value is -1.44. The smallest absolute Gasteiger partial charge is 0.166 e. The van der Waals surface area contributed by atoms with Crippen LogP contribution in [0.2, 0.25) is 0 Å². The van der Waals surface area contributed by atoms with E-state index in [0.29, 0.717) is 11.3 Å². The number of halogens is 2. The number of fused-ring (bicyclic) bond motifs is 2. The van der Waals surface area contributed by atoms with Gasteiger partial charge in [0.25, 0.3) is 0 Å². The lowest BCUT2D eigenvalue weighted by Gasteiger charge is -2.42. The highest BCUT2D eigenvalue weighted by Gasteiger charge is 2.35. The average Bonchev–Trinajstić information content (AvgIpc) is 2.73. The lowest BCUT2D eigenvalue weighted by atomic mass is 9.63. The van der Waals surface area contributed by atoms with Gasteiger partial charge in [-0.25, -0.2) is 8.78 Å². The zero-order valence-corrected chi connectivity index (χ0v) is 17.2. The molecule has 0 spiro atoms. The molecule has 2 saturated carbocycles. The molecule has 0 radical (unpaired) electrons. The molecule has 2 aliphatic rings. The second kappa shape index (κ2) is 8.93. The fourth-order valence-corrected chi connectivity index (χ4v) is 5.95. The van der Waals surface area contributed by atoms with Crippen LogP contribution >= 0.6 is 0 Å². The van der Waals surface area contributed by atoms with Gasteiger partial charge in [-0.2, -0.15) is 0 Å². The van der Waals surface area contributed by atoms with E-state index in [4.69, 9.17) is 0 Å². The van der Waals surface area contributed by atoms with Gasteiger partial charge in [-0.15, -0.1) is 0 Å². The lowest BCUT2D eigenvalue weighted by molar-refractivity contribution is 0.113. The highest BCUT2D eigenvalue weighted by molar-refractivity contribution is 5.84. The van der Waals surface area contributed by atoms with Gasteiger partial charge in [0.1, 0.15) is 0 Å². The van der Waals surface area contributed by atoms with Crippen LogP contribution in [0, 0.1) is 29.4 Å². The normalized spacial score (nSPS) is 27.7. The molecule has 0 saturated heterocycles. The van der Waals surface area contributed by atoms with Crippen LogP contribution in [-0.4, -0.2) is 0 Å². The van der Waals surface area contributed by atoms with Crippen molar-refractivity contribution in [2.75, 3.05) is 0 Å². The van der Waals surface area contributed by atoms with Crippen LogP contribution in [0.1, 0.15) is 89.0 Å². The van der Waals surface area contributed by atoms with Crippen LogP contribution < -0.4 is 0 Å². The molecule has 0 bridgehead atoms. The van der Waals surface area contributed by atoms with Gasteiger partial charge in [0, 0.05) is 5.39 Å². The van der Waals surface area contributed by atoms with Crippen LogP contribution in [0.25, 0.3) is 10.8 Å². The second-order valence-electron chi connectivity index (χ2n) is 9.40. The van der Waals surface area contributed by atoms with Crippen molar-refractivity contribution < 1.29 is 8.78 Å². The number of unbranched alkanes of at least 4 members (excludes halogenated alkanes) is 3. The van der Waals surface area contributed by atoms with Crippen molar-refractivity contribution in [2.24, 2.45) is 17.8 Å². The lowest BCUT2D eigenvalue weighted by Crippen LogP contribution is -2.30. The molecule has 4 rings (SSSR count). The van der Waals surface area contributed by atoms with E-state index < -0.39 is 11.6 Å². The first-order valence-corrected chi connectivity index (χ1v) is 11.5. The van der Waals surface area contributed by atoms with Gasteiger partial charge in [-0.05, 0) is 72.8 Å². The van der Waals surface area contributed by atoms with Gasteiger partial charge in [0.05, 0.1) is 0 Å². The van der Waals surface area contributed by atoms with Crippen molar-refractivity contribution >= 4 is 10.8 Å². The quantitative estimate of drug-likeness (QED) is 0.439. The third-order valence-corrected chi connectivity index (χ3v) is 7.59. The van der Waals surface area contributed by atoms with Crippen LogP contribution in [0.4, 0.5) is 8.78 Å². The number of hydrogen-bond donors (Lipinski definition) is 0. The Morgan fingerprint density at radius 3 is 2.54 bits per heavy atom. The molecule has 2 heteroatoms. The molecule has 2 fully saturated rings. The van der Waals surface area contributed by atoms with Gasteiger partial charge in [-0.1, -0.05) is 69.7 Å². The van der Waals surface area contributed by atoms with Gasteiger partial charge < -0.3 is 0 Å². The number of rotatable bonds is 6. The summed E-state index contributed by atoms with van der Waals surface area (Å²) in [4.78, 5) is 0.